The molecule has 9 heteroatoms. The van der Waals surface area contributed by atoms with Gasteiger partial charge in [0, 0.05) is 41.0 Å². The zero-order valence-corrected chi connectivity index (χ0v) is 18.2. The number of pyridine rings is 1. The van der Waals surface area contributed by atoms with Gasteiger partial charge in [0.1, 0.15) is 11.6 Å². The summed E-state index contributed by atoms with van der Waals surface area (Å²) in [6, 6.07) is 7.07. The van der Waals surface area contributed by atoms with Crippen molar-refractivity contribution in [1.82, 2.24) is 9.71 Å². The van der Waals surface area contributed by atoms with Gasteiger partial charge in [-0.3, -0.25) is 4.79 Å². The Morgan fingerprint density at radius 1 is 1.34 bits per heavy atom. The average molecular weight is 438 g/mol. The van der Waals surface area contributed by atoms with E-state index in [0.29, 0.717) is 48.4 Å². The Morgan fingerprint density at radius 3 is 2.79 bits per heavy atom. The summed E-state index contributed by atoms with van der Waals surface area (Å²) in [6.45, 7) is 5.94. The van der Waals surface area contributed by atoms with Gasteiger partial charge >= 0.3 is 0 Å². The van der Waals surface area contributed by atoms with E-state index in [0.717, 1.165) is 23.1 Å². The molecule has 1 aliphatic heterocycles. The largest absolute Gasteiger partial charge is 0.493 e. The highest BCUT2D eigenvalue weighted by Crippen LogP contribution is 2.32. The molecule has 0 saturated heterocycles. The monoisotopic (exact) mass is 437 g/mol. The summed E-state index contributed by atoms with van der Waals surface area (Å²) >= 11 is 6.19. The summed E-state index contributed by atoms with van der Waals surface area (Å²) in [5, 5.41) is 0.616. The SMILES string of the molecule is CC(C)COc1ccc(Cl)cc1CN1CCc2c(C(=O)NS(C)(=O)=O)ccnc21. The van der Waals surface area contributed by atoms with Crippen molar-refractivity contribution in [3.8, 4) is 5.75 Å². The number of fused-ring (bicyclic) bond motifs is 1. The van der Waals surface area contributed by atoms with E-state index < -0.39 is 15.9 Å². The van der Waals surface area contributed by atoms with Crippen molar-refractivity contribution in [2.75, 3.05) is 24.3 Å². The van der Waals surface area contributed by atoms with Crippen LogP contribution < -0.4 is 14.4 Å². The molecule has 1 N–H and O–H groups in total. The Labute approximate surface area is 176 Å². The maximum Gasteiger partial charge on any atom is 0.265 e. The van der Waals surface area contributed by atoms with Gasteiger partial charge in [-0.2, -0.15) is 0 Å². The number of carbonyl (C=O) groups is 1. The van der Waals surface area contributed by atoms with Crippen LogP contribution in [0.1, 0.15) is 35.3 Å². The van der Waals surface area contributed by atoms with Crippen molar-refractivity contribution in [1.29, 1.82) is 0 Å². The highest BCUT2D eigenvalue weighted by Gasteiger charge is 2.27. The molecule has 0 bridgehead atoms. The highest BCUT2D eigenvalue weighted by molar-refractivity contribution is 7.89. The smallest absolute Gasteiger partial charge is 0.265 e. The van der Waals surface area contributed by atoms with E-state index >= 15 is 0 Å². The number of aromatic nitrogens is 1. The number of amides is 1. The van der Waals surface area contributed by atoms with Crippen LogP contribution in [-0.4, -0.2) is 38.7 Å². The van der Waals surface area contributed by atoms with Gasteiger partial charge < -0.3 is 9.64 Å². The fraction of sp³-hybridized carbons (Fsp3) is 0.400. The second-order valence-corrected chi connectivity index (χ2v) is 9.68. The van der Waals surface area contributed by atoms with Crippen LogP contribution in [0.3, 0.4) is 0 Å². The van der Waals surface area contributed by atoms with E-state index in [2.05, 4.69) is 18.8 Å². The number of nitrogens with one attached hydrogen (secondary N) is 1. The molecule has 3 rings (SSSR count). The fourth-order valence-electron chi connectivity index (χ4n) is 3.22. The molecule has 0 fully saturated rings. The number of hydrogen-bond acceptors (Lipinski definition) is 6. The minimum atomic E-state index is -3.64. The van der Waals surface area contributed by atoms with Gasteiger partial charge in [-0.15, -0.1) is 0 Å². The Kier molecular flexibility index (Phi) is 6.33. The van der Waals surface area contributed by atoms with Gasteiger partial charge in [-0.25, -0.2) is 18.1 Å². The predicted octanol–water partition coefficient (Wildman–Crippen LogP) is 3.02. The van der Waals surface area contributed by atoms with Crippen molar-refractivity contribution in [3.63, 3.8) is 0 Å². The number of nitrogens with zero attached hydrogens (tertiary/aromatic N) is 2. The number of ether oxygens (including phenoxy) is 1. The zero-order chi connectivity index (χ0) is 21.2. The van der Waals surface area contributed by atoms with Crippen LogP contribution in [0.5, 0.6) is 5.75 Å². The Bertz CT molecular complexity index is 1020. The standard InChI is InChI=1S/C20H24ClN3O4S/c1-13(2)12-28-18-5-4-15(21)10-14(18)11-24-9-7-16-17(6-8-22-19(16)24)20(25)23-29(3,26)27/h4-6,8,10,13H,7,9,11-12H2,1-3H3,(H,23,25). The second-order valence-electron chi connectivity index (χ2n) is 7.49. The molecule has 1 aromatic heterocycles. The zero-order valence-electron chi connectivity index (χ0n) is 16.6. The number of sulfonamides is 1. The van der Waals surface area contributed by atoms with Crippen LogP contribution in [0.15, 0.2) is 30.5 Å². The first-order chi connectivity index (χ1) is 13.6. The molecule has 2 heterocycles. The van der Waals surface area contributed by atoms with Crippen LogP contribution in [0, 0.1) is 5.92 Å². The van der Waals surface area contributed by atoms with Gasteiger partial charge in [0.15, 0.2) is 0 Å². The van der Waals surface area contributed by atoms with E-state index in [1.54, 1.807) is 12.1 Å². The van der Waals surface area contributed by atoms with Crippen molar-refractivity contribution in [3.05, 3.63) is 52.2 Å². The molecule has 0 atom stereocenters. The Balaban J connectivity index is 1.86. The normalized spacial score (nSPS) is 13.5. The van der Waals surface area contributed by atoms with Crippen LogP contribution >= 0.6 is 11.6 Å². The van der Waals surface area contributed by atoms with Crippen molar-refractivity contribution < 1.29 is 17.9 Å². The van der Waals surface area contributed by atoms with Crippen LogP contribution in [0.4, 0.5) is 5.82 Å². The number of anilines is 1. The number of carbonyl (C=O) groups excluding carboxylic acids is 1. The summed E-state index contributed by atoms with van der Waals surface area (Å²) in [5.41, 5.74) is 1.99. The third kappa shape index (κ3) is 5.39. The van der Waals surface area contributed by atoms with Crippen LogP contribution in [0.2, 0.25) is 5.02 Å². The van der Waals surface area contributed by atoms with Crippen molar-refractivity contribution in [2.24, 2.45) is 5.92 Å². The molecule has 0 aliphatic carbocycles. The molecular formula is C20H24ClN3O4S. The highest BCUT2D eigenvalue weighted by atomic mass is 35.5. The number of halogens is 1. The number of rotatable bonds is 7. The molecule has 1 aromatic carbocycles. The number of benzene rings is 1. The molecule has 7 nitrogen and oxygen atoms in total. The summed E-state index contributed by atoms with van der Waals surface area (Å²) in [4.78, 5) is 18.8. The third-order valence-corrected chi connectivity index (χ3v) is 5.23. The summed E-state index contributed by atoms with van der Waals surface area (Å²) < 4.78 is 30.8. The lowest BCUT2D eigenvalue weighted by Crippen LogP contribution is -2.30. The lowest BCUT2D eigenvalue weighted by atomic mass is 10.1. The molecule has 0 radical (unpaired) electrons. The van der Waals surface area contributed by atoms with Gasteiger partial charge in [0.05, 0.1) is 12.9 Å². The van der Waals surface area contributed by atoms with Crippen molar-refractivity contribution >= 4 is 33.3 Å². The molecule has 0 saturated carbocycles. The molecule has 156 valence electrons. The lowest BCUT2D eigenvalue weighted by molar-refractivity contribution is 0.0981. The summed E-state index contributed by atoms with van der Waals surface area (Å²) in [7, 11) is -3.64. The first-order valence-corrected chi connectivity index (χ1v) is 11.6. The fourth-order valence-corrected chi connectivity index (χ4v) is 3.86. The van der Waals surface area contributed by atoms with E-state index in [9.17, 15) is 13.2 Å². The van der Waals surface area contributed by atoms with E-state index in [4.69, 9.17) is 16.3 Å². The maximum atomic E-state index is 12.4. The van der Waals surface area contributed by atoms with Gasteiger partial charge in [0.2, 0.25) is 10.0 Å². The molecule has 0 unspecified atom stereocenters. The minimum absolute atomic E-state index is 0.324. The average Bonchev–Trinajstić information content (AvgIpc) is 3.02. The van der Waals surface area contributed by atoms with E-state index in [1.807, 2.05) is 21.8 Å². The quantitative estimate of drug-likeness (QED) is 0.716. The molecular weight excluding hydrogens is 414 g/mol. The predicted molar refractivity (Wildman–Crippen MR) is 113 cm³/mol. The Morgan fingerprint density at radius 2 is 2.10 bits per heavy atom. The van der Waals surface area contributed by atoms with E-state index in [-0.39, 0.29) is 0 Å². The molecule has 29 heavy (non-hydrogen) atoms. The first kappa shape index (κ1) is 21.4. The van der Waals surface area contributed by atoms with E-state index in [1.165, 1.54) is 6.20 Å². The summed E-state index contributed by atoms with van der Waals surface area (Å²) in [6.07, 6.45) is 3.07. The molecule has 0 spiro atoms. The maximum absolute atomic E-state index is 12.4. The number of hydrogen-bond donors (Lipinski definition) is 1. The van der Waals surface area contributed by atoms with Gasteiger partial charge in [-0.05, 0) is 36.6 Å². The third-order valence-electron chi connectivity index (χ3n) is 4.44. The van der Waals surface area contributed by atoms with Gasteiger partial charge in [-0.1, -0.05) is 25.4 Å². The van der Waals surface area contributed by atoms with Crippen LogP contribution in [0.25, 0.3) is 0 Å². The van der Waals surface area contributed by atoms with Gasteiger partial charge in [0.25, 0.3) is 5.91 Å². The first-order valence-electron chi connectivity index (χ1n) is 9.30. The summed E-state index contributed by atoms with van der Waals surface area (Å²) in [5.74, 6) is 1.18. The topological polar surface area (TPSA) is 88.6 Å². The molecule has 1 amide bonds. The molecule has 2 aromatic rings. The lowest BCUT2D eigenvalue weighted by Gasteiger charge is -2.21. The second kappa shape index (κ2) is 8.59. The Hall–Kier alpha value is -2.32. The minimum Gasteiger partial charge on any atom is -0.493 e. The van der Waals surface area contributed by atoms with Crippen molar-refractivity contribution in [2.45, 2.75) is 26.8 Å². The van der Waals surface area contributed by atoms with Crippen LogP contribution in [-0.2, 0) is 23.0 Å². The molecule has 1 aliphatic rings.